The van der Waals surface area contributed by atoms with Crippen molar-refractivity contribution in [3.05, 3.63) is 92.8 Å². The van der Waals surface area contributed by atoms with E-state index >= 15 is 0 Å². The van der Waals surface area contributed by atoms with Gasteiger partial charge in [0.15, 0.2) is 0 Å². The zero-order valence-electron chi connectivity index (χ0n) is 38.2. The second-order valence-electron chi connectivity index (χ2n) is 16.2. The lowest BCUT2D eigenvalue weighted by Gasteiger charge is -2.20. The highest BCUT2D eigenvalue weighted by molar-refractivity contribution is 7.67. The zero-order valence-corrected chi connectivity index (χ0v) is 40.9. The topological polar surface area (TPSA) is 346 Å². The van der Waals surface area contributed by atoms with Crippen molar-refractivity contribution in [1.29, 1.82) is 0 Å². The molecule has 1 amide bonds. The number of amides is 1. The lowest BCUT2D eigenvalue weighted by atomic mass is 9.88. The molecule has 23 nitrogen and oxygen atoms in total. The smallest absolute Gasteiger partial charge is 0.478 e. The Balaban J connectivity index is 0.961. The number of nitrogens with zero attached hydrogens (tertiary/aromatic N) is 3. The minimum atomic E-state index is -5.70. The van der Waals surface area contributed by atoms with Gasteiger partial charge in [-0.15, -0.1) is 0 Å². The number of anilines is 2. The number of unbranched alkanes of at least 4 members (excludes halogenated alkanes) is 4. The number of phosphoric acid groups is 2. The summed E-state index contributed by atoms with van der Waals surface area (Å²) in [7, 11) is -16.2. The molecule has 374 valence electrons. The number of aryl methyl sites for hydroxylation is 2. The van der Waals surface area contributed by atoms with Crippen LogP contribution in [0.15, 0.2) is 68.9 Å². The van der Waals surface area contributed by atoms with Gasteiger partial charge in [0.2, 0.25) is 0 Å². The maximum absolute atomic E-state index is 13.3. The zero-order chi connectivity index (χ0) is 50.3. The van der Waals surface area contributed by atoms with E-state index in [-0.39, 0.29) is 36.5 Å². The largest absolute Gasteiger partial charge is 0.489 e. The van der Waals surface area contributed by atoms with Crippen molar-refractivity contribution in [2.75, 3.05) is 43.8 Å². The Morgan fingerprint density at radius 3 is 2.35 bits per heavy atom. The summed E-state index contributed by atoms with van der Waals surface area (Å²) in [6.45, 7) is 8.33. The van der Waals surface area contributed by atoms with Gasteiger partial charge in [-0.3, -0.25) is 18.9 Å². The Morgan fingerprint density at radius 1 is 0.928 bits per heavy atom. The molecular weight excluding hydrogens is 963 g/mol. The number of aromatic carboxylic acids is 1. The molecule has 1 aromatic heterocycles. The number of carboxylic acids is 1. The van der Waals surface area contributed by atoms with Gasteiger partial charge in [0.1, 0.15) is 29.5 Å². The van der Waals surface area contributed by atoms with Crippen LogP contribution >= 0.6 is 23.4 Å². The van der Waals surface area contributed by atoms with Gasteiger partial charge in [-0.2, -0.15) is 13.6 Å². The minimum absolute atomic E-state index is 0.0480. The number of nitrogen functional groups attached to an aromatic ring is 1. The van der Waals surface area contributed by atoms with Crippen molar-refractivity contribution in [1.82, 2.24) is 20.0 Å². The van der Waals surface area contributed by atoms with Gasteiger partial charge in [0.25, 0.3) is 5.91 Å². The van der Waals surface area contributed by atoms with E-state index in [0.29, 0.717) is 78.6 Å². The van der Waals surface area contributed by atoms with E-state index in [1.165, 1.54) is 18.3 Å². The molecule has 6 atom stereocenters. The minimum Gasteiger partial charge on any atom is -0.478 e. The first kappa shape index (κ1) is 53.2. The average Bonchev–Trinajstić information content (AvgIpc) is 3.63. The Hall–Kier alpha value is -5.12. The number of fused-ring (bicyclic) bond motifs is 2. The summed E-state index contributed by atoms with van der Waals surface area (Å²) in [6.07, 6.45) is 0.119. The maximum atomic E-state index is 13.3. The van der Waals surface area contributed by atoms with E-state index in [4.69, 9.17) is 14.9 Å². The van der Waals surface area contributed by atoms with Crippen LogP contribution in [0.2, 0.25) is 0 Å². The number of aliphatic hydroxyl groups is 1. The summed E-state index contributed by atoms with van der Waals surface area (Å²) < 4.78 is 63.3. The summed E-state index contributed by atoms with van der Waals surface area (Å²) in [5, 5.41) is 30.5. The molecule has 3 unspecified atom stereocenters. The first-order valence-electron chi connectivity index (χ1n) is 22.0. The van der Waals surface area contributed by atoms with Crippen LogP contribution in [0.5, 0.6) is 0 Å². The molecule has 0 spiro atoms. The molecule has 3 aliphatic rings. The number of phosphoric ester groups is 1. The van der Waals surface area contributed by atoms with Gasteiger partial charge in [-0.05, 0) is 87.6 Å². The molecule has 1 fully saturated rings. The number of carboxylic acid groups (broad SMARTS) is 1. The molecule has 69 heavy (non-hydrogen) atoms. The van der Waals surface area contributed by atoms with Crippen LogP contribution in [-0.2, 0) is 31.6 Å². The second-order valence-corrected chi connectivity index (χ2v) is 21.0. The van der Waals surface area contributed by atoms with Crippen molar-refractivity contribution in [3.8, 4) is 22.5 Å². The number of ether oxygens (including phenoxy) is 1. The highest BCUT2D eigenvalue weighted by Crippen LogP contribution is 2.66. The van der Waals surface area contributed by atoms with Gasteiger partial charge in [-0.1, -0.05) is 25.3 Å². The van der Waals surface area contributed by atoms with E-state index in [1.807, 2.05) is 52.0 Å². The van der Waals surface area contributed by atoms with Crippen molar-refractivity contribution in [2.24, 2.45) is 4.99 Å². The molecule has 0 saturated carbocycles. The third-order valence-corrected chi connectivity index (χ3v) is 15.5. The number of benzene rings is 3. The van der Waals surface area contributed by atoms with Crippen LogP contribution in [0, 0.1) is 13.8 Å². The summed E-state index contributed by atoms with van der Waals surface area (Å²) in [5.74, 6) is -1.19. The third kappa shape index (κ3) is 13.8. The first-order chi connectivity index (χ1) is 32.6. The molecule has 0 bridgehead atoms. The van der Waals surface area contributed by atoms with Crippen molar-refractivity contribution in [3.63, 3.8) is 0 Å². The summed E-state index contributed by atoms with van der Waals surface area (Å²) in [6, 6.07) is 13.6. The molecule has 3 heterocycles. The highest BCUT2D eigenvalue weighted by atomic mass is 31.3. The van der Waals surface area contributed by atoms with E-state index < -0.39 is 66.0 Å². The van der Waals surface area contributed by atoms with E-state index in [0.717, 1.165) is 26.7 Å². The number of nitrogens with one attached hydrogen (secondary N) is 3. The second kappa shape index (κ2) is 22.7. The standard InChI is InChI=1S/C43H56N7O16P3/c1-5-45-32-21-35-30(18-25(32)3)40(31-19-26(4)33(46-6-2)22-36(31)63-35)28-13-12-27(20-29(28)42(53)54)41(52)47-15-10-8-7-9-11-16-48-67(56,57)65-69(60,61)66-68(58,59)62-24-37-34(51)23-39(64-37)50-17-14-38(44)49-43(50)55/h12-14,17-22,34,37,39,45,51H,5-11,15-16,23-24H2,1-4H3,(H,47,52)(H,53,54)(H,58,59)(H,60,61)(H2,44,49,55)(H2,48,56,57)/b46-33+/t34-,37+,39+/m0/s1. The quantitative estimate of drug-likeness (QED) is 0.0206. The van der Waals surface area contributed by atoms with Crippen molar-refractivity contribution >= 4 is 57.7 Å². The molecule has 2 aromatic carbocycles. The Morgan fingerprint density at radius 2 is 1.65 bits per heavy atom. The molecule has 0 radical (unpaired) electrons. The number of hydrogen-bond donors (Lipinski definition) is 9. The van der Waals surface area contributed by atoms with Gasteiger partial charge in [0, 0.05) is 78.7 Å². The van der Waals surface area contributed by atoms with Gasteiger partial charge in [-0.25, -0.2) is 28.4 Å². The maximum Gasteiger partial charge on any atom is 0.489 e. The predicted molar refractivity (Wildman–Crippen MR) is 253 cm³/mol. The molecule has 10 N–H and O–H groups in total. The van der Waals surface area contributed by atoms with Gasteiger partial charge >= 0.3 is 35.1 Å². The van der Waals surface area contributed by atoms with Gasteiger partial charge in [0.05, 0.1) is 23.6 Å². The molecule has 3 aromatic rings. The fourth-order valence-corrected chi connectivity index (χ4v) is 11.5. The van der Waals surface area contributed by atoms with Gasteiger partial charge < -0.3 is 50.4 Å². The van der Waals surface area contributed by atoms with Crippen LogP contribution in [-0.4, -0.2) is 91.3 Å². The lowest BCUT2D eigenvalue weighted by Crippen LogP contribution is -2.28. The van der Waals surface area contributed by atoms with E-state index in [2.05, 4.69) is 38.8 Å². The third-order valence-electron chi connectivity index (χ3n) is 11.0. The molecular formula is C43H56N7O16P3. The fourth-order valence-electron chi connectivity index (χ4n) is 7.77. The Bertz CT molecular complexity index is 2950. The molecule has 26 heteroatoms. The molecule has 2 aliphatic heterocycles. The number of aromatic nitrogens is 2. The first-order valence-corrected chi connectivity index (χ1v) is 26.6. The summed E-state index contributed by atoms with van der Waals surface area (Å²) in [4.78, 5) is 76.4. The van der Waals surface area contributed by atoms with Crippen molar-refractivity contribution < 1.29 is 70.5 Å². The molecule has 1 saturated heterocycles. The number of carbonyl (C=O) groups is 2. The lowest BCUT2D eigenvalue weighted by molar-refractivity contribution is -0.0449. The number of rotatable bonds is 23. The Kier molecular flexibility index (Phi) is 17.6. The van der Waals surface area contributed by atoms with Crippen LogP contribution < -0.4 is 32.5 Å². The van der Waals surface area contributed by atoms with Crippen LogP contribution in [0.1, 0.15) is 90.4 Å². The summed E-state index contributed by atoms with van der Waals surface area (Å²) in [5.41, 5.74) is 9.81. The van der Waals surface area contributed by atoms with E-state index in [1.54, 1.807) is 12.1 Å². The number of carbonyl (C=O) groups excluding carboxylic acids is 1. The fraction of sp³-hybridized carbons (Fsp3) is 0.419. The predicted octanol–water partition coefficient (Wildman–Crippen LogP) is 5.98. The Labute approximate surface area is 395 Å². The van der Waals surface area contributed by atoms with E-state index in [9.17, 15) is 53.0 Å². The highest BCUT2D eigenvalue weighted by Gasteiger charge is 2.43. The normalized spacial score (nSPS) is 19.0. The monoisotopic (exact) mass is 1020 g/mol. The van der Waals surface area contributed by atoms with Crippen LogP contribution in [0.3, 0.4) is 0 Å². The number of hydrogen-bond acceptors (Lipinski definition) is 16. The average molecular weight is 1020 g/mol. The number of aliphatic hydroxyl groups excluding tert-OH is 1. The van der Waals surface area contributed by atoms with Crippen molar-refractivity contribution in [2.45, 2.75) is 84.7 Å². The number of nitrogens with two attached hydrogens (primary N) is 1. The van der Waals surface area contributed by atoms with Crippen LogP contribution in [0.4, 0.5) is 11.5 Å². The molecule has 6 rings (SSSR count). The SMILES string of the molecule is CC/N=c1\cc2oc3cc(NCC)c(C)cc3c(-c3ccc(C(=O)NCCCCCCCNP(=O)(O)OP(=O)(O)OP(=O)(O)OC[C@H]4O[C@@H](n5ccc(N)nc5=O)C[C@@H]4O)cc3C(=O)O)c-2cc1C. The van der Waals surface area contributed by atoms with Crippen LogP contribution in [0.25, 0.3) is 33.4 Å². The molecule has 1 aliphatic carbocycles. The summed E-state index contributed by atoms with van der Waals surface area (Å²) >= 11 is 0.